The number of amides is 3. The zero-order valence-corrected chi connectivity index (χ0v) is 27.8. The standard InChI is InChI=1S/C35H51N3O4S/c1-9-19-36(23-25-15-12-11-13-16-25)29(40)26-27-30(41)37(21-14-22-39)28(35(27)18-17-34(26,8)43-35)31(42)38(20-10-2)33(6,7)24-32(3,4)5/h9-13,15-16,26-28,39H,1-2,14,17-24H2,3-8H3/t26-,27-,28?,34+,35?/m0/s1. The topological polar surface area (TPSA) is 81.2 Å². The Morgan fingerprint density at radius 2 is 1.72 bits per heavy atom. The minimum absolute atomic E-state index is 0.0228. The van der Waals surface area contributed by atoms with Gasteiger partial charge in [0.25, 0.3) is 0 Å². The van der Waals surface area contributed by atoms with Crippen LogP contribution in [0.2, 0.25) is 0 Å². The lowest BCUT2D eigenvalue weighted by atomic mass is 9.66. The maximum atomic E-state index is 14.9. The van der Waals surface area contributed by atoms with E-state index in [1.54, 1.807) is 28.8 Å². The Morgan fingerprint density at radius 1 is 1.07 bits per heavy atom. The maximum Gasteiger partial charge on any atom is 0.247 e. The molecule has 3 heterocycles. The van der Waals surface area contributed by atoms with Crippen molar-refractivity contribution in [1.29, 1.82) is 0 Å². The van der Waals surface area contributed by atoms with Gasteiger partial charge in [-0.25, -0.2) is 0 Å². The first-order valence-corrected chi connectivity index (χ1v) is 16.4. The van der Waals surface area contributed by atoms with Gasteiger partial charge in [-0.1, -0.05) is 63.3 Å². The minimum atomic E-state index is -0.706. The van der Waals surface area contributed by atoms with Crippen molar-refractivity contribution in [3.8, 4) is 0 Å². The number of hydrogen-bond acceptors (Lipinski definition) is 5. The number of carbonyl (C=O) groups excluding carboxylic acids is 3. The van der Waals surface area contributed by atoms with Crippen molar-refractivity contribution in [2.24, 2.45) is 17.3 Å². The molecule has 7 nitrogen and oxygen atoms in total. The molecule has 1 N–H and O–H groups in total. The monoisotopic (exact) mass is 609 g/mol. The van der Waals surface area contributed by atoms with Crippen molar-refractivity contribution < 1.29 is 19.5 Å². The van der Waals surface area contributed by atoms with Crippen LogP contribution < -0.4 is 0 Å². The molecule has 3 aliphatic rings. The SMILES string of the molecule is C=CCN(Cc1ccccc1)C(=O)[C@@H]1[C@H]2C(=O)N(CCCO)C(C(=O)N(CC=C)C(C)(C)CC(C)(C)C)C23CC[C@@]1(C)S3. The van der Waals surface area contributed by atoms with E-state index < -0.39 is 32.9 Å². The van der Waals surface area contributed by atoms with Gasteiger partial charge in [-0.3, -0.25) is 14.4 Å². The van der Waals surface area contributed by atoms with Crippen molar-refractivity contribution in [3.63, 3.8) is 0 Å². The quantitative estimate of drug-likeness (QED) is 0.307. The number of nitrogens with zero attached hydrogens (tertiary/aromatic N) is 3. The molecule has 2 unspecified atom stereocenters. The summed E-state index contributed by atoms with van der Waals surface area (Å²) in [5.74, 6) is -1.42. The fourth-order valence-corrected chi connectivity index (χ4v) is 10.6. The minimum Gasteiger partial charge on any atom is -0.396 e. The van der Waals surface area contributed by atoms with E-state index in [4.69, 9.17) is 0 Å². The zero-order valence-electron chi connectivity index (χ0n) is 27.0. The maximum absolute atomic E-state index is 14.9. The molecule has 1 aromatic carbocycles. The van der Waals surface area contributed by atoms with Crippen LogP contribution in [0.3, 0.4) is 0 Å². The fourth-order valence-electron chi connectivity index (χ4n) is 8.26. The summed E-state index contributed by atoms with van der Waals surface area (Å²) in [6.07, 6.45) is 6.10. The van der Waals surface area contributed by atoms with Gasteiger partial charge >= 0.3 is 0 Å². The van der Waals surface area contributed by atoms with Gasteiger partial charge < -0.3 is 19.8 Å². The second-order valence-corrected chi connectivity index (χ2v) is 16.5. The third kappa shape index (κ3) is 6.19. The molecule has 3 amide bonds. The molecule has 0 saturated carbocycles. The van der Waals surface area contributed by atoms with Crippen LogP contribution in [0.15, 0.2) is 55.6 Å². The summed E-state index contributed by atoms with van der Waals surface area (Å²) in [5, 5.41) is 9.75. The Morgan fingerprint density at radius 3 is 2.30 bits per heavy atom. The summed E-state index contributed by atoms with van der Waals surface area (Å²) in [4.78, 5) is 49.3. The van der Waals surface area contributed by atoms with Gasteiger partial charge in [-0.15, -0.1) is 24.9 Å². The summed E-state index contributed by atoms with van der Waals surface area (Å²) in [6, 6.07) is 9.17. The molecule has 1 spiro atoms. The van der Waals surface area contributed by atoms with Crippen molar-refractivity contribution >= 4 is 29.5 Å². The molecule has 236 valence electrons. The Labute approximate surface area is 262 Å². The van der Waals surface area contributed by atoms with E-state index in [0.717, 1.165) is 18.4 Å². The fraction of sp³-hybridized carbons (Fsp3) is 0.629. The van der Waals surface area contributed by atoms with Gasteiger partial charge in [0.05, 0.1) is 16.6 Å². The summed E-state index contributed by atoms with van der Waals surface area (Å²) < 4.78 is -1.16. The van der Waals surface area contributed by atoms with Gasteiger partial charge in [0.1, 0.15) is 6.04 Å². The molecular weight excluding hydrogens is 558 g/mol. The van der Waals surface area contributed by atoms with E-state index in [-0.39, 0.29) is 36.3 Å². The number of benzene rings is 1. The second kappa shape index (κ2) is 12.4. The van der Waals surface area contributed by atoms with Gasteiger partial charge in [0.2, 0.25) is 17.7 Å². The first-order chi connectivity index (χ1) is 20.2. The number of aliphatic hydroxyl groups excluding tert-OH is 1. The summed E-state index contributed by atoms with van der Waals surface area (Å²) in [6.45, 7) is 22.1. The molecule has 0 aliphatic carbocycles. The Balaban J connectivity index is 1.77. The third-order valence-electron chi connectivity index (χ3n) is 9.48. The van der Waals surface area contributed by atoms with Crippen LogP contribution in [0.4, 0.5) is 0 Å². The molecule has 43 heavy (non-hydrogen) atoms. The number of hydrogen-bond donors (Lipinski definition) is 1. The van der Waals surface area contributed by atoms with Crippen LogP contribution in [0.1, 0.15) is 72.8 Å². The lowest BCUT2D eigenvalue weighted by Crippen LogP contribution is -2.60. The van der Waals surface area contributed by atoms with Gasteiger partial charge in [0.15, 0.2) is 0 Å². The van der Waals surface area contributed by atoms with Crippen molar-refractivity contribution in [2.75, 3.05) is 26.2 Å². The molecule has 2 bridgehead atoms. The van der Waals surface area contributed by atoms with E-state index in [1.807, 2.05) is 40.1 Å². The van der Waals surface area contributed by atoms with E-state index in [2.05, 4.69) is 54.7 Å². The average molecular weight is 610 g/mol. The van der Waals surface area contributed by atoms with Gasteiger partial charge in [-0.2, -0.15) is 0 Å². The summed E-state index contributed by atoms with van der Waals surface area (Å²) >= 11 is 1.70. The Hall–Kier alpha value is -2.58. The molecule has 3 aliphatic heterocycles. The largest absolute Gasteiger partial charge is 0.396 e. The second-order valence-electron chi connectivity index (χ2n) is 14.6. The molecule has 3 fully saturated rings. The predicted octanol–water partition coefficient (Wildman–Crippen LogP) is 5.29. The van der Waals surface area contributed by atoms with Crippen molar-refractivity contribution in [1.82, 2.24) is 14.7 Å². The highest BCUT2D eigenvalue weighted by molar-refractivity contribution is 8.02. The van der Waals surface area contributed by atoms with Gasteiger partial charge in [-0.05, 0) is 57.4 Å². The Kier molecular flexibility index (Phi) is 9.63. The molecular formula is C35H51N3O4S. The summed E-state index contributed by atoms with van der Waals surface area (Å²) in [5.41, 5.74) is 0.510. The third-order valence-corrected chi connectivity index (χ3v) is 11.5. The zero-order chi connectivity index (χ0) is 31.8. The molecule has 5 atom stereocenters. The van der Waals surface area contributed by atoms with Crippen LogP contribution in [-0.4, -0.2) is 84.8 Å². The van der Waals surface area contributed by atoms with E-state index >= 15 is 0 Å². The van der Waals surface area contributed by atoms with E-state index in [1.165, 1.54) is 0 Å². The molecule has 0 aromatic heterocycles. The van der Waals surface area contributed by atoms with Crippen molar-refractivity contribution in [2.45, 2.75) is 94.8 Å². The number of likely N-dealkylation sites (tertiary alicyclic amines) is 1. The predicted molar refractivity (Wildman–Crippen MR) is 174 cm³/mol. The number of fused-ring (bicyclic) bond motifs is 1. The number of rotatable bonds is 13. The highest BCUT2D eigenvalue weighted by Crippen LogP contribution is 2.71. The normalized spacial score (nSPS) is 28.1. The lowest BCUT2D eigenvalue weighted by Gasteiger charge is -2.46. The van der Waals surface area contributed by atoms with Gasteiger partial charge in [0, 0.05) is 43.1 Å². The van der Waals surface area contributed by atoms with E-state index in [0.29, 0.717) is 32.5 Å². The lowest BCUT2D eigenvalue weighted by molar-refractivity contribution is -0.147. The van der Waals surface area contributed by atoms with Crippen LogP contribution in [0, 0.1) is 17.3 Å². The molecule has 4 rings (SSSR count). The molecule has 1 aromatic rings. The number of aliphatic hydroxyl groups is 1. The number of carbonyl (C=O) groups is 3. The Bertz CT molecular complexity index is 1230. The van der Waals surface area contributed by atoms with E-state index in [9.17, 15) is 19.5 Å². The highest BCUT2D eigenvalue weighted by Gasteiger charge is 2.77. The van der Waals surface area contributed by atoms with Crippen molar-refractivity contribution in [3.05, 3.63) is 61.2 Å². The average Bonchev–Trinajstić information content (AvgIpc) is 3.49. The van der Waals surface area contributed by atoms with Crippen LogP contribution >= 0.6 is 11.8 Å². The molecule has 8 heteroatoms. The van der Waals surface area contributed by atoms with Crippen LogP contribution in [-0.2, 0) is 20.9 Å². The highest BCUT2D eigenvalue weighted by atomic mass is 32.2. The molecule has 0 radical (unpaired) electrons. The first-order valence-electron chi connectivity index (χ1n) is 15.6. The first kappa shape index (κ1) is 33.3. The van der Waals surface area contributed by atoms with Crippen LogP contribution in [0.5, 0.6) is 0 Å². The molecule has 3 saturated heterocycles. The smallest absolute Gasteiger partial charge is 0.247 e. The summed E-state index contributed by atoms with van der Waals surface area (Å²) in [7, 11) is 0. The number of thioether (sulfide) groups is 1. The van der Waals surface area contributed by atoms with Crippen LogP contribution in [0.25, 0.3) is 0 Å².